The minimum absolute atomic E-state index is 0.132. The fourth-order valence-corrected chi connectivity index (χ4v) is 4.89. The van der Waals surface area contributed by atoms with Gasteiger partial charge in [-0.15, -0.1) is 0 Å². The van der Waals surface area contributed by atoms with Crippen LogP contribution in [0.2, 0.25) is 0 Å². The molecule has 0 aromatic rings. The van der Waals surface area contributed by atoms with Gasteiger partial charge in [0.25, 0.3) is 0 Å². The van der Waals surface area contributed by atoms with Gasteiger partial charge in [0.15, 0.2) is 6.10 Å². The van der Waals surface area contributed by atoms with Crippen LogP contribution in [-0.4, -0.2) is 41.0 Å². The molecule has 270 valence electrons. The van der Waals surface area contributed by atoms with Crippen molar-refractivity contribution in [1.29, 1.82) is 0 Å². The van der Waals surface area contributed by atoms with Crippen LogP contribution in [0.25, 0.3) is 0 Å². The molecule has 9 heteroatoms. The molecule has 1 atom stereocenters. The van der Waals surface area contributed by atoms with Gasteiger partial charge in [-0.05, 0) is 77.0 Å². The molecule has 2 N–H and O–H groups in total. The first kappa shape index (κ1) is 44.8. The van der Waals surface area contributed by atoms with E-state index in [1.165, 1.54) is 44.9 Å². The van der Waals surface area contributed by atoms with Crippen LogP contribution < -0.4 is 0 Å². The Kier molecular flexibility index (Phi) is 32.0. The van der Waals surface area contributed by atoms with E-state index in [2.05, 4.69) is 73.1 Å². The van der Waals surface area contributed by atoms with Crippen LogP contribution in [-0.2, 0) is 28.2 Å². The molecule has 0 rings (SSSR count). The van der Waals surface area contributed by atoms with Gasteiger partial charge in [0, 0.05) is 12.8 Å². The molecule has 0 aliphatic heterocycles. The Labute approximate surface area is 286 Å². The Morgan fingerprint density at radius 2 is 0.979 bits per heavy atom. The van der Waals surface area contributed by atoms with Crippen LogP contribution in [0.1, 0.15) is 149 Å². The molecule has 0 bridgehead atoms. The van der Waals surface area contributed by atoms with Crippen LogP contribution in [0.3, 0.4) is 0 Å². The number of esters is 2. The lowest BCUT2D eigenvalue weighted by Gasteiger charge is -2.18. The molecule has 0 fully saturated rings. The molecule has 0 aromatic carbocycles. The van der Waals surface area contributed by atoms with Gasteiger partial charge >= 0.3 is 19.8 Å². The second-order valence-electron chi connectivity index (χ2n) is 11.8. The molecule has 0 aromatic heterocycles. The van der Waals surface area contributed by atoms with Crippen LogP contribution >= 0.6 is 7.82 Å². The highest BCUT2D eigenvalue weighted by Crippen LogP contribution is 2.35. The number of ether oxygens (including phenoxy) is 2. The smallest absolute Gasteiger partial charge is 0.462 e. The van der Waals surface area contributed by atoms with E-state index in [1.807, 2.05) is 6.08 Å². The average Bonchev–Trinajstić information content (AvgIpc) is 3.04. The zero-order valence-corrected chi connectivity index (χ0v) is 30.3. The van der Waals surface area contributed by atoms with Crippen molar-refractivity contribution in [3.8, 4) is 0 Å². The number of carbonyl (C=O) groups is 2. The van der Waals surface area contributed by atoms with Crippen LogP contribution in [0.15, 0.2) is 60.8 Å². The van der Waals surface area contributed by atoms with Crippen LogP contribution in [0.4, 0.5) is 0 Å². The minimum Gasteiger partial charge on any atom is -0.462 e. The maximum atomic E-state index is 12.3. The molecule has 0 unspecified atom stereocenters. The number of rotatable bonds is 32. The van der Waals surface area contributed by atoms with Gasteiger partial charge in [-0.1, -0.05) is 120 Å². The second kappa shape index (κ2) is 33.6. The summed E-state index contributed by atoms with van der Waals surface area (Å²) in [5.74, 6) is -0.968. The molecule has 0 aliphatic carbocycles. The molecule has 0 saturated heterocycles. The fourth-order valence-electron chi connectivity index (χ4n) is 4.53. The standard InChI is InChI=1S/C38H65O8P/c1-3-5-7-9-11-13-15-17-18-19-20-21-23-25-27-29-31-33-38(40)46-36(35-45-47(41,42)43)34-44-37(39)32-30-28-26-24-22-16-14-12-10-8-6-4-2/h11-14,17-18,20-21,25,27,36H,3-10,15-16,19,22-24,26,28-35H2,1-2H3,(H2,41,42,43)/b13-11-,14-12-,18-17-,21-20-,27-25-/t36-/m1/s1. The van der Waals surface area contributed by atoms with Crippen molar-refractivity contribution in [2.75, 3.05) is 13.2 Å². The number of hydrogen-bond acceptors (Lipinski definition) is 6. The SMILES string of the molecule is CCCCC/C=C\C/C=C\C/C=C\C/C=C\CCCC(=O)O[C@H](COC(=O)CCCCCCC/C=C\CCCCC)COP(=O)(O)O. The zero-order chi connectivity index (χ0) is 34.7. The predicted molar refractivity (Wildman–Crippen MR) is 193 cm³/mol. The van der Waals surface area contributed by atoms with Gasteiger partial charge in [-0.25, -0.2) is 4.57 Å². The summed E-state index contributed by atoms with van der Waals surface area (Å²) < 4.78 is 26.2. The lowest BCUT2D eigenvalue weighted by Crippen LogP contribution is -2.29. The first-order valence-corrected chi connectivity index (χ1v) is 19.6. The Morgan fingerprint density at radius 1 is 0.553 bits per heavy atom. The monoisotopic (exact) mass is 680 g/mol. The third-order valence-corrected chi connectivity index (χ3v) is 7.74. The maximum absolute atomic E-state index is 12.3. The number of unbranched alkanes of at least 4 members (excludes halogenated alkanes) is 12. The minimum atomic E-state index is -4.77. The van der Waals surface area contributed by atoms with Gasteiger partial charge in [0.05, 0.1) is 6.61 Å². The molecule has 0 spiro atoms. The highest BCUT2D eigenvalue weighted by molar-refractivity contribution is 7.46. The van der Waals surface area contributed by atoms with E-state index >= 15 is 0 Å². The topological polar surface area (TPSA) is 119 Å². The van der Waals surface area contributed by atoms with Crippen molar-refractivity contribution in [3.63, 3.8) is 0 Å². The predicted octanol–water partition coefficient (Wildman–Crippen LogP) is 10.6. The number of carbonyl (C=O) groups excluding carboxylic acids is 2. The summed E-state index contributed by atoms with van der Waals surface area (Å²) in [6.45, 7) is 3.55. The Morgan fingerprint density at radius 3 is 1.51 bits per heavy atom. The molecule has 0 saturated carbocycles. The van der Waals surface area contributed by atoms with E-state index in [0.717, 1.165) is 57.8 Å². The lowest BCUT2D eigenvalue weighted by molar-refractivity contribution is -0.161. The number of hydrogen-bond donors (Lipinski definition) is 2. The number of phosphoric ester groups is 1. The maximum Gasteiger partial charge on any atom is 0.469 e. The number of allylic oxidation sites excluding steroid dienone is 10. The van der Waals surface area contributed by atoms with E-state index in [0.29, 0.717) is 19.3 Å². The van der Waals surface area contributed by atoms with Gasteiger partial charge in [-0.2, -0.15) is 0 Å². The van der Waals surface area contributed by atoms with Crippen molar-refractivity contribution in [2.24, 2.45) is 0 Å². The summed E-state index contributed by atoms with van der Waals surface area (Å²) in [7, 11) is -4.77. The summed E-state index contributed by atoms with van der Waals surface area (Å²) >= 11 is 0. The van der Waals surface area contributed by atoms with Crippen molar-refractivity contribution < 1.29 is 37.9 Å². The highest BCUT2D eigenvalue weighted by Gasteiger charge is 2.22. The van der Waals surface area contributed by atoms with Crippen LogP contribution in [0.5, 0.6) is 0 Å². The quantitative estimate of drug-likeness (QED) is 0.0312. The molecule has 0 aliphatic rings. The van der Waals surface area contributed by atoms with E-state index in [-0.39, 0.29) is 19.4 Å². The zero-order valence-electron chi connectivity index (χ0n) is 29.4. The van der Waals surface area contributed by atoms with E-state index in [4.69, 9.17) is 19.3 Å². The molecule has 8 nitrogen and oxygen atoms in total. The Hall–Kier alpha value is -2.25. The van der Waals surface area contributed by atoms with E-state index in [1.54, 1.807) is 0 Å². The first-order valence-electron chi connectivity index (χ1n) is 18.1. The van der Waals surface area contributed by atoms with Crippen LogP contribution in [0, 0.1) is 0 Å². The summed E-state index contributed by atoms with van der Waals surface area (Å²) in [6.07, 6.45) is 40.9. The molecular weight excluding hydrogens is 615 g/mol. The highest BCUT2D eigenvalue weighted by atomic mass is 31.2. The second-order valence-corrected chi connectivity index (χ2v) is 13.1. The van der Waals surface area contributed by atoms with Gasteiger partial charge < -0.3 is 19.3 Å². The Bertz CT molecular complexity index is 947. The van der Waals surface area contributed by atoms with Crippen molar-refractivity contribution in [2.45, 2.75) is 155 Å². The van der Waals surface area contributed by atoms with E-state index in [9.17, 15) is 14.2 Å². The first-order chi connectivity index (χ1) is 22.8. The summed E-state index contributed by atoms with van der Waals surface area (Å²) in [6, 6.07) is 0. The summed E-state index contributed by atoms with van der Waals surface area (Å²) in [5.41, 5.74) is 0. The Balaban J connectivity index is 4.13. The molecule has 0 radical (unpaired) electrons. The van der Waals surface area contributed by atoms with E-state index < -0.39 is 32.5 Å². The molecular formula is C38H65O8P. The van der Waals surface area contributed by atoms with Gasteiger partial charge in [-0.3, -0.25) is 14.1 Å². The molecule has 0 heterocycles. The van der Waals surface area contributed by atoms with Crippen molar-refractivity contribution in [1.82, 2.24) is 0 Å². The third kappa shape index (κ3) is 36.4. The van der Waals surface area contributed by atoms with Crippen molar-refractivity contribution in [3.05, 3.63) is 60.8 Å². The molecule has 47 heavy (non-hydrogen) atoms. The third-order valence-electron chi connectivity index (χ3n) is 7.26. The summed E-state index contributed by atoms with van der Waals surface area (Å²) in [4.78, 5) is 42.6. The van der Waals surface area contributed by atoms with Gasteiger partial charge in [0.2, 0.25) is 0 Å². The molecule has 0 amide bonds. The summed E-state index contributed by atoms with van der Waals surface area (Å²) in [5, 5.41) is 0. The number of phosphoric acid groups is 1. The largest absolute Gasteiger partial charge is 0.469 e. The average molecular weight is 681 g/mol. The van der Waals surface area contributed by atoms with Gasteiger partial charge in [0.1, 0.15) is 6.61 Å². The lowest BCUT2D eigenvalue weighted by atomic mass is 10.1. The van der Waals surface area contributed by atoms with Crippen molar-refractivity contribution >= 4 is 19.8 Å². The fraction of sp³-hybridized carbons (Fsp3) is 0.684. The normalized spacial score (nSPS) is 13.2.